The van der Waals surface area contributed by atoms with Gasteiger partial charge in [0.2, 0.25) is 0 Å². The third-order valence-electron chi connectivity index (χ3n) is 2.60. The fraction of sp³-hybridized carbons (Fsp3) is 0.462. The van der Waals surface area contributed by atoms with Crippen LogP contribution in [-0.4, -0.2) is 25.6 Å². The van der Waals surface area contributed by atoms with E-state index >= 15 is 0 Å². The number of hydrogen-bond acceptors (Lipinski definition) is 3. The van der Waals surface area contributed by atoms with Crippen LogP contribution in [0.2, 0.25) is 0 Å². The van der Waals surface area contributed by atoms with Gasteiger partial charge in [-0.2, -0.15) is 0 Å². The molecule has 0 heterocycles. The van der Waals surface area contributed by atoms with E-state index in [0.717, 1.165) is 0 Å². The molecule has 0 aliphatic rings. The first kappa shape index (κ1) is 13.6. The first-order valence-electron chi connectivity index (χ1n) is 5.31. The van der Waals surface area contributed by atoms with Gasteiger partial charge in [-0.25, -0.2) is 4.39 Å². The van der Waals surface area contributed by atoms with Gasteiger partial charge in [0.15, 0.2) is 5.78 Å². The third kappa shape index (κ3) is 3.53. The predicted octanol–water partition coefficient (Wildman–Crippen LogP) is 2.83. The Kier molecular flexibility index (Phi) is 4.23. The summed E-state index contributed by atoms with van der Waals surface area (Å²) in [6.45, 7) is 3.60. The molecular formula is C13H17FO3. The highest BCUT2D eigenvalue weighted by Crippen LogP contribution is 2.24. The number of carbonyl (C=O) groups is 1. The molecule has 0 saturated heterocycles. The number of methoxy groups -OCH3 is 2. The fourth-order valence-electron chi connectivity index (χ4n) is 1.45. The highest BCUT2D eigenvalue weighted by Gasteiger charge is 2.24. The number of halogens is 1. The van der Waals surface area contributed by atoms with Crippen LogP contribution in [-0.2, 0) is 4.74 Å². The molecule has 1 aromatic rings. The summed E-state index contributed by atoms with van der Waals surface area (Å²) in [6.07, 6.45) is 0.170. The molecule has 0 bridgehead atoms. The van der Waals surface area contributed by atoms with Crippen LogP contribution in [0.4, 0.5) is 4.39 Å². The number of ether oxygens (including phenoxy) is 2. The van der Waals surface area contributed by atoms with E-state index in [0.29, 0.717) is 5.75 Å². The van der Waals surface area contributed by atoms with Crippen LogP contribution < -0.4 is 4.74 Å². The Labute approximate surface area is 101 Å². The molecule has 0 spiro atoms. The minimum absolute atomic E-state index is 0.170. The van der Waals surface area contributed by atoms with Crippen molar-refractivity contribution < 1.29 is 18.7 Å². The molecule has 0 aromatic heterocycles. The second-order valence-corrected chi connectivity index (χ2v) is 4.41. The number of carbonyl (C=O) groups excluding carboxylic acids is 1. The summed E-state index contributed by atoms with van der Waals surface area (Å²) in [4.78, 5) is 12.0. The Balaban J connectivity index is 2.99. The summed E-state index contributed by atoms with van der Waals surface area (Å²) in [5.41, 5.74) is -0.327. The van der Waals surface area contributed by atoms with E-state index in [9.17, 15) is 9.18 Å². The number of rotatable bonds is 5. The molecule has 0 radical (unpaired) electrons. The molecule has 4 heteroatoms. The van der Waals surface area contributed by atoms with Crippen molar-refractivity contribution in [3.8, 4) is 5.75 Å². The van der Waals surface area contributed by atoms with Crippen LogP contribution in [0, 0.1) is 5.82 Å². The van der Waals surface area contributed by atoms with Crippen LogP contribution >= 0.6 is 0 Å². The van der Waals surface area contributed by atoms with Crippen molar-refractivity contribution >= 4 is 5.78 Å². The van der Waals surface area contributed by atoms with E-state index in [1.165, 1.54) is 32.4 Å². The van der Waals surface area contributed by atoms with Crippen molar-refractivity contribution in [3.63, 3.8) is 0 Å². The summed E-state index contributed by atoms with van der Waals surface area (Å²) in [5, 5.41) is 0. The summed E-state index contributed by atoms with van der Waals surface area (Å²) in [6, 6.07) is 3.90. The average molecular weight is 240 g/mol. The molecule has 0 N–H and O–H groups in total. The van der Waals surface area contributed by atoms with Crippen molar-refractivity contribution in [2.45, 2.75) is 25.9 Å². The zero-order valence-electron chi connectivity index (χ0n) is 10.5. The quantitative estimate of drug-likeness (QED) is 0.742. The second kappa shape index (κ2) is 5.27. The lowest BCUT2D eigenvalue weighted by molar-refractivity contribution is 0.0171. The largest absolute Gasteiger partial charge is 0.496 e. The van der Waals surface area contributed by atoms with Crippen LogP contribution in [0.15, 0.2) is 18.2 Å². The maximum atomic E-state index is 13.1. The Hall–Kier alpha value is -1.42. The fourth-order valence-corrected chi connectivity index (χ4v) is 1.45. The molecule has 94 valence electrons. The second-order valence-electron chi connectivity index (χ2n) is 4.41. The van der Waals surface area contributed by atoms with Gasteiger partial charge in [-0.15, -0.1) is 0 Å². The van der Waals surface area contributed by atoms with Crippen LogP contribution in [0.3, 0.4) is 0 Å². The van der Waals surface area contributed by atoms with Crippen molar-refractivity contribution in [1.82, 2.24) is 0 Å². The van der Waals surface area contributed by atoms with Gasteiger partial charge in [0.1, 0.15) is 11.6 Å². The van der Waals surface area contributed by atoms with Gasteiger partial charge in [-0.1, -0.05) is 0 Å². The van der Waals surface area contributed by atoms with Crippen LogP contribution in [0.1, 0.15) is 30.6 Å². The minimum Gasteiger partial charge on any atom is -0.496 e. The molecule has 1 rings (SSSR count). The summed E-state index contributed by atoms with van der Waals surface area (Å²) in [5.74, 6) is -0.277. The molecule has 3 nitrogen and oxygen atoms in total. The molecular weight excluding hydrogens is 223 g/mol. The van der Waals surface area contributed by atoms with E-state index in [4.69, 9.17) is 9.47 Å². The maximum absolute atomic E-state index is 13.1. The van der Waals surface area contributed by atoms with E-state index in [1.54, 1.807) is 13.8 Å². The normalized spacial score (nSPS) is 11.4. The number of hydrogen-bond donors (Lipinski definition) is 0. The number of ketones is 1. The lowest BCUT2D eigenvalue weighted by atomic mass is 9.96. The van der Waals surface area contributed by atoms with E-state index in [-0.39, 0.29) is 17.8 Å². The minimum atomic E-state index is -0.575. The average Bonchev–Trinajstić information content (AvgIpc) is 2.28. The Morgan fingerprint density at radius 2 is 2.00 bits per heavy atom. The SMILES string of the molecule is COc1ccc(F)cc1C(=O)CC(C)(C)OC. The lowest BCUT2D eigenvalue weighted by Gasteiger charge is -2.22. The zero-order valence-corrected chi connectivity index (χ0v) is 10.5. The molecule has 0 saturated carbocycles. The maximum Gasteiger partial charge on any atom is 0.169 e. The topological polar surface area (TPSA) is 35.5 Å². The molecule has 17 heavy (non-hydrogen) atoms. The Morgan fingerprint density at radius 1 is 1.35 bits per heavy atom. The molecule has 0 unspecified atom stereocenters. The summed E-state index contributed by atoms with van der Waals surface area (Å²) < 4.78 is 23.3. The predicted molar refractivity (Wildman–Crippen MR) is 63.0 cm³/mol. The van der Waals surface area contributed by atoms with Crippen LogP contribution in [0.5, 0.6) is 5.75 Å². The number of Topliss-reactive ketones (excluding diaryl/α,β-unsaturated/α-hetero) is 1. The van der Waals surface area contributed by atoms with Crippen molar-refractivity contribution in [2.75, 3.05) is 14.2 Å². The highest BCUT2D eigenvalue weighted by molar-refractivity contribution is 5.99. The van der Waals surface area contributed by atoms with E-state index < -0.39 is 11.4 Å². The molecule has 0 fully saturated rings. The van der Waals surface area contributed by atoms with Crippen LogP contribution in [0.25, 0.3) is 0 Å². The smallest absolute Gasteiger partial charge is 0.169 e. The third-order valence-corrected chi connectivity index (χ3v) is 2.60. The van der Waals surface area contributed by atoms with E-state index in [1.807, 2.05) is 0 Å². The Bertz CT molecular complexity index is 413. The van der Waals surface area contributed by atoms with Crippen molar-refractivity contribution in [3.05, 3.63) is 29.6 Å². The van der Waals surface area contributed by atoms with Gasteiger partial charge in [-0.05, 0) is 32.0 Å². The molecule has 0 atom stereocenters. The van der Waals surface area contributed by atoms with Crippen molar-refractivity contribution in [1.29, 1.82) is 0 Å². The van der Waals surface area contributed by atoms with E-state index in [2.05, 4.69) is 0 Å². The monoisotopic (exact) mass is 240 g/mol. The summed E-state index contributed by atoms with van der Waals surface area (Å²) in [7, 11) is 2.99. The van der Waals surface area contributed by atoms with Gasteiger partial charge in [0, 0.05) is 13.5 Å². The summed E-state index contributed by atoms with van der Waals surface area (Å²) >= 11 is 0. The van der Waals surface area contributed by atoms with Gasteiger partial charge in [-0.3, -0.25) is 4.79 Å². The molecule has 0 aliphatic carbocycles. The number of benzene rings is 1. The van der Waals surface area contributed by atoms with Gasteiger partial charge >= 0.3 is 0 Å². The molecule has 0 amide bonds. The standard InChI is InChI=1S/C13H17FO3/c1-13(2,17-4)8-11(15)10-7-9(14)5-6-12(10)16-3/h5-7H,8H2,1-4H3. The van der Waals surface area contributed by atoms with Crippen molar-refractivity contribution in [2.24, 2.45) is 0 Å². The molecule has 0 aliphatic heterocycles. The zero-order chi connectivity index (χ0) is 13.1. The first-order chi connectivity index (χ1) is 7.89. The van der Waals surface area contributed by atoms with Gasteiger partial charge in [0.25, 0.3) is 0 Å². The molecule has 1 aromatic carbocycles. The lowest BCUT2D eigenvalue weighted by Crippen LogP contribution is -2.26. The van der Waals surface area contributed by atoms with Gasteiger partial charge in [0.05, 0.1) is 18.3 Å². The highest BCUT2D eigenvalue weighted by atomic mass is 19.1. The van der Waals surface area contributed by atoms with Gasteiger partial charge < -0.3 is 9.47 Å². The Morgan fingerprint density at radius 3 is 2.53 bits per heavy atom. The first-order valence-corrected chi connectivity index (χ1v) is 5.31.